The molecule has 2 aromatic rings. The molecule has 1 atom stereocenters. The van der Waals surface area contributed by atoms with Crippen molar-refractivity contribution in [2.45, 2.75) is 19.9 Å². The second-order valence-electron chi connectivity index (χ2n) is 5.51. The second-order valence-corrected chi connectivity index (χ2v) is 5.51. The molecule has 0 saturated carbocycles. The summed E-state index contributed by atoms with van der Waals surface area (Å²) in [4.78, 5) is 28.3. The lowest BCUT2D eigenvalue weighted by Gasteiger charge is -2.40. The SMILES string of the molecule is CC(=O)N1c2ccccc2N(C(=O)c2ccccc2)CC1C. The van der Waals surface area contributed by atoms with Gasteiger partial charge in [-0.2, -0.15) is 0 Å². The number of anilines is 2. The summed E-state index contributed by atoms with van der Waals surface area (Å²) in [5.41, 5.74) is 2.23. The van der Waals surface area contributed by atoms with E-state index in [1.807, 2.05) is 61.5 Å². The lowest BCUT2D eigenvalue weighted by Crippen LogP contribution is -2.51. The molecule has 0 saturated heterocycles. The van der Waals surface area contributed by atoms with Crippen molar-refractivity contribution >= 4 is 23.2 Å². The van der Waals surface area contributed by atoms with Crippen molar-refractivity contribution in [1.29, 1.82) is 0 Å². The number of rotatable bonds is 1. The Balaban J connectivity index is 2.05. The van der Waals surface area contributed by atoms with E-state index >= 15 is 0 Å². The first-order valence-electron chi connectivity index (χ1n) is 7.35. The first-order valence-corrected chi connectivity index (χ1v) is 7.35. The molecule has 2 aromatic carbocycles. The topological polar surface area (TPSA) is 40.6 Å². The van der Waals surface area contributed by atoms with Crippen LogP contribution in [0.2, 0.25) is 0 Å². The summed E-state index contributed by atoms with van der Waals surface area (Å²) in [6, 6.07) is 16.7. The molecule has 1 aliphatic heterocycles. The Morgan fingerprint density at radius 1 is 0.955 bits per heavy atom. The molecule has 0 fully saturated rings. The minimum atomic E-state index is -0.0555. The van der Waals surface area contributed by atoms with Crippen molar-refractivity contribution in [2.24, 2.45) is 0 Å². The zero-order chi connectivity index (χ0) is 15.7. The third-order valence-electron chi connectivity index (χ3n) is 3.92. The maximum absolute atomic E-state index is 12.8. The molecule has 4 heteroatoms. The predicted octanol–water partition coefficient (Wildman–Crippen LogP) is 3.09. The van der Waals surface area contributed by atoms with Crippen LogP contribution in [0.4, 0.5) is 11.4 Å². The lowest BCUT2D eigenvalue weighted by molar-refractivity contribution is -0.117. The van der Waals surface area contributed by atoms with Gasteiger partial charge in [0.15, 0.2) is 0 Å². The van der Waals surface area contributed by atoms with E-state index in [0.717, 1.165) is 11.4 Å². The fraction of sp³-hybridized carbons (Fsp3) is 0.222. The van der Waals surface area contributed by atoms with Gasteiger partial charge in [-0.25, -0.2) is 0 Å². The van der Waals surface area contributed by atoms with Crippen LogP contribution in [0, 0.1) is 0 Å². The monoisotopic (exact) mass is 294 g/mol. The van der Waals surface area contributed by atoms with E-state index in [9.17, 15) is 9.59 Å². The molecule has 22 heavy (non-hydrogen) atoms. The van der Waals surface area contributed by atoms with E-state index in [1.54, 1.807) is 16.7 Å². The molecular weight excluding hydrogens is 276 g/mol. The predicted molar refractivity (Wildman–Crippen MR) is 87.2 cm³/mol. The van der Waals surface area contributed by atoms with Gasteiger partial charge in [-0.05, 0) is 31.2 Å². The van der Waals surface area contributed by atoms with E-state index in [1.165, 1.54) is 0 Å². The molecular formula is C18H18N2O2. The van der Waals surface area contributed by atoms with Crippen LogP contribution in [0.15, 0.2) is 54.6 Å². The minimum Gasteiger partial charge on any atom is -0.306 e. The van der Waals surface area contributed by atoms with Crippen molar-refractivity contribution in [3.8, 4) is 0 Å². The summed E-state index contributed by atoms with van der Waals surface area (Å²) in [7, 11) is 0. The third-order valence-corrected chi connectivity index (χ3v) is 3.92. The maximum Gasteiger partial charge on any atom is 0.258 e. The standard InChI is InChI=1S/C18H18N2O2/c1-13-12-19(18(22)15-8-4-3-5-9-15)16-10-6-7-11-17(16)20(13)14(2)21/h3-11,13H,12H2,1-2H3. The van der Waals surface area contributed by atoms with E-state index in [0.29, 0.717) is 12.1 Å². The molecule has 0 aromatic heterocycles. The molecule has 1 heterocycles. The molecule has 1 unspecified atom stereocenters. The molecule has 0 radical (unpaired) electrons. The van der Waals surface area contributed by atoms with Gasteiger partial charge in [0.1, 0.15) is 0 Å². The first kappa shape index (κ1) is 14.3. The van der Waals surface area contributed by atoms with Gasteiger partial charge < -0.3 is 9.80 Å². The van der Waals surface area contributed by atoms with Crippen LogP contribution in [0.5, 0.6) is 0 Å². The molecule has 112 valence electrons. The average molecular weight is 294 g/mol. The second kappa shape index (κ2) is 5.64. The van der Waals surface area contributed by atoms with E-state index in [-0.39, 0.29) is 17.9 Å². The van der Waals surface area contributed by atoms with Crippen LogP contribution in [0.3, 0.4) is 0 Å². The van der Waals surface area contributed by atoms with Crippen LogP contribution >= 0.6 is 0 Å². The van der Waals surface area contributed by atoms with Gasteiger partial charge >= 0.3 is 0 Å². The minimum absolute atomic E-state index is 0.00763. The Bertz CT molecular complexity index is 712. The largest absolute Gasteiger partial charge is 0.306 e. The Morgan fingerprint density at radius 2 is 1.55 bits per heavy atom. The zero-order valence-corrected chi connectivity index (χ0v) is 12.7. The number of carbonyl (C=O) groups excluding carboxylic acids is 2. The summed E-state index contributed by atoms with van der Waals surface area (Å²) >= 11 is 0. The number of hydrogen-bond donors (Lipinski definition) is 0. The van der Waals surface area contributed by atoms with Crippen LogP contribution in [-0.4, -0.2) is 24.4 Å². The summed E-state index contributed by atoms with van der Waals surface area (Å²) in [6.45, 7) is 4.01. The Labute approximate surface area is 130 Å². The van der Waals surface area contributed by atoms with Crippen molar-refractivity contribution in [3.63, 3.8) is 0 Å². The van der Waals surface area contributed by atoms with Crippen molar-refractivity contribution in [1.82, 2.24) is 0 Å². The number of benzene rings is 2. The van der Waals surface area contributed by atoms with Crippen LogP contribution in [0.1, 0.15) is 24.2 Å². The number of carbonyl (C=O) groups is 2. The smallest absolute Gasteiger partial charge is 0.258 e. The van der Waals surface area contributed by atoms with Gasteiger partial charge in [-0.1, -0.05) is 30.3 Å². The van der Waals surface area contributed by atoms with Gasteiger partial charge in [0.25, 0.3) is 5.91 Å². The van der Waals surface area contributed by atoms with Gasteiger partial charge in [0, 0.05) is 19.0 Å². The molecule has 2 amide bonds. The lowest BCUT2D eigenvalue weighted by atomic mass is 10.1. The number of hydrogen-bond acceptors (Lipinski definition) is 2. The fourth-order valence-electron chi connectivity index (χ4n) is 2.99. The summed E-state index contributed by atoms with van der Waals surface area (Å²) in [6.07, 6.45) is 0. The van der Waals surface area contributed by atoms with Gasteiger partial charge in [-0.15, -0.1) is 0 Å². The van der Waals surface area contributed by atoms with Gasteiger partial charge in [0.05, 0.1) is 17.4 Å². The first-order chi connectivity index (χ1) is 10.6. The highest BCUT2D eigenvalue weighted by molar-refractivity contribution is 6.10. The van der Waals surface area contributed by atoms with E-state index in [2.05, 4.69) is 0 Å². The Kier molecular flexibility index (Phi) is 3.67. The van der Waals surface area contributed by atoms with Crippen molar-refractivity contribution in [2.75, 3.05) is 16.3 Å². The third kappa shape index (κ3) is 2.37. The van der Waals surface area contributed by atoms with Crippen LogP contribution in [0.25, 0.3) is 0 Å². The Morgan fingerprint density at radius 3 is 2.18 bits per heavy atom. The Hall–Kier alpha value is -2.62. The molecule has 0 bridgehead atoms. The quantitative estimate of drug-likeness (QED) is 0.811. The highest BCUT2D eigenvalue weighted by Crippen LogP contribution is 2.36. The van der Waals surface area contributed by atoms with E-state index in [4.69, 9.17) is 0 Å². The molecule has 0 N–H and O–H groups in total. The average Bonchev–Trinajstić information content (AvgIpc) is 2.53. The molecule has 4 nitrogen and oxygen atoms in total. The van der Waals surface area contributed by atoms with E-state index < -0.39 is 0 Å². The van der Waals surface area contributed by atoms with Gasteiger partial charge in [-0.3, -0.25) is 9.59 Å². The highest BCUT2D eigenvalue weighted by Gasteiger charge is 2.33. The molecule has 3 rings (SSSR count). The zero-order valence-electron chi connectivity index (χ0n) is 12.7. The number of fused-ring (bicyclic) bond motifs is 1. The normalized spacial score (nSPS) is 17.1. The molecule has 1 aliphatic rings. The summed E-state index contributed by atoms with van der Waals surface area (Å²) in [5, 5.41) is 0. The van der Waals surface area contributed by atoms with Crippen molar-refractivity contribution < 1.29 is 9.59 Å². The number of nitrogens with zero attached hydrogens (tertiary/aromatic N) is 2. The van der Waals surface area contributed by atoms with Crippen LogP contribution in [-0.2, 0) is 4.79 Å². The number of para-hydroxylation sites is 2. The van der Waals surface area contributed by atoms with Gasteiger partial charge in [0.2, 0.25) is 5.91 Å². The molecule has 0 aliphatic carbocycles. The summed E-state index contributed by atoms with van der Waals surface area (Å²) < 4.78 is 0. The molecule has 0 spiro atoms. The van der Waals surface area contributed by atoms with Crippen LogP contribution < -0.4 is 9.80 Å². The maximum atomic E-state index is 12.8. The number of amides is 2. The summed E-state index contributed by atoms with van der Waals surface area (Å²) in [5.74, 6) is -0.0464. The highest BCUT2D eigenvalue weighted by atomic mass is 16.2. The van der Waals surface area contributed by atoms with Crippen molar-refractivity contribution in [3.05, 3.63) is 60.2 Å². The fourth-order valence-corrected chi connectivity index (χ4v) is 2.99.